The molecule has 0 aromatic heterocycles. The molecule has 1 aliphatic heterocycles. The molecule has 0 spiro atoms. The number of nitrogens with zero attached hydrogens (tertiary/aromatic N) is 1. The third kappa shape index (κ3) is 11.4. The Labute approximate surface area is 170 Å². The Hall–Kier alpha value is 0.174. The van der Waals surface area contributed by atoms with Crippen molar-refractivity contribution in [1.29, 1.82) is 0 Å². The van der Waals surface area contributed by atoms with Crippen molar-refractivity contribution in [2.24, 2.45) is 0 Å². The van der Waals surface area contributed by atoms with Crippen LogP contribution in [0, 0.1) is 5.82 Å². The number of hydrogen-bond donors (Lipinski definition) is 0. The van der Waals surface area contributed by atoms with E-state index in [4.69, 9.17) is 4.74 Å². The van der Waals surface area contributed by atoms with Gasteiger partial charge in [0.15, 0.2) is 0 Å². The molecule has 0 aliphatic carbocycles. The maximum absolute atomic E-state index is 12.4. The van der Waals surface area contributed by atoms with E-state index in [0.29, 0.717) is 18.1 Å². The zero-order valence-corrected chi connectivity index (χ0v) is 16.1. The molecule has 1 fully saturated rings. The average Bonchev–Trinajstić information content (AvgIpc) is 2.28. The summed E-state index contributed by atoms with van der Waals surface area (Å²) in [6, 6.07) is 7.32. The van der Waals surface area contributed by atoms with E-state index >= 15 is 0 Å². The predicted molar refractivity (Wildman–Crippen MR) is 98.2 cm³/mol. The number of methoxy groups -OCH3 is 1. The third-order valence-corrected chi connectivity index (χ3v) is 3.48. The first-order chi connectivity index (χ1) is 8.93. The van der Waals surface area contributed by atoms with E-state index < -0.39 is 0 Å². The number of halogens is 1. The molecule has 0 amide bonds. The number of likely N-dealkylation sites (tertiary alicyclic amines) is 1. The van der Waals surface area contributed by atoms with Crippen molar-refractivity contribution in [2.45, 2.75) is 68.0 Å². The monoisotopic (exact) mass is 404 g/mol. The normalized spacial score (nSPS) is 13.4. The Morgan fingerprint density at radius 3 is 1.74 bits per heavy atom. The predicted octanol–water partition coefficient (Wildman–Crippen LogP) is 5.58. The summed E-state index contributed by atoms with van der Waals surface area (Å²) in [6.07, 6.45) is 0.507. The van der Waals surface area contributed by atoms with Gasteiger partial charge in [0.25, 0.3) is 0 Å². The molecular formula is C19H38FNOY. The van der Waals surface area contributed by atoms with Crippen LogP contribution in [-0.4, -0.2) is 37.2 Å². The molecule has 1 aliphatic rings. The molecular weight excluding hydrogens is 366 g/mol. The van der Waals surface area contributed by atoms with Gasteiger partial charge < -0.3 is 4.74 Å². The zero-order valence-electron chi connectivity index (χ0n) is 13.3. The van der Waals surface area contributed by atoms with Gasteiger partial charge in [0.2, 0.25) is 0 Å². The number of ether oxygens (including phenoxy) is 1. The number of rotatable bonds is 3. The van der Waals surface area contributed by atoms with Gasteiger partial charge in [-0.1, -0.05) is 48.3 Å². The van der Waals surface area contributed by atoms with Crippen LogP contribution in [0.1, 0.15) is 61.5 Å². The first-order valence-electron chi connectivity index (χ1n) is 6.96. The second-order valence-corrected chi connectivity index (χ2v) is 5.61. The van der Waals surface area contributed by atoms with E-state index in [9.17, 15) is 4.39 Å². The summed E-state index contributed by atoms with van der Waals surface area (Å²) < 4.78 is 17.5. The first-order valence-corrected chi connectivity index (χ1v) is 6.96. The molecule has 4 heteroatoms. The molecule has 0 saturated carbocycles. The van der Waals surface area contributed by atoms with Crippen LogP contribution in [0.2, 0.25) is 0 Å². The zero-order chi connectivity index (χ0) is 14.4. The molecule has 1 aromatic rings. The van der Waals surface area contributed by atoms with Crippen LogP contribution in [0.25, 0.3) is 0 Å². The molecule has 0 N–H and O–H groups in total. The van der Waals surface area contributed by atoms with E-state index in [1.54, 1.807) is 7.11 Å². The molecule has 2 rings (SSSR count). The third-order valence-electron chi connectivity index (χ3n) is 3.48. The van der Waals surface area contributed by atoms with Crippen LogP contribution in [-0.2, 0) is 37.4 Å². The molecule has 0 unspecified atom stereocenters. The molecule has 1 heterocycles. The van der Waals surface area contributed by atoms with Gasteiger partial charge in [0.05, 0.1) is 6.10 Å². The number of hydrogen-bond acceptors (Lipinski definition) is 2. The van der Waals surface area contributed by atoms with Gasteiger partial charge in [-0.2, -0.15) is 0 Å². The van der Waals surface area contributed by atoms with Gasteiger partial charge in [-0.05, 0) is 37.5 Å². The minimum atomic E-state index is -0.163. The van der Waals surface area contributed by atoms with Crippen LogP contribution in [0.4, 0.5) is 4.39 Å². The summed E-state index contributed by atoms with van der Waals surface area (Å²) in [5.74, 6) is 0.324. The average molecular weight is 404 g/mol. The van der Waals surface area contributed by atoms with E-state index in [0.717, 1.165) is 13.1 Å². The molecule has 135 valence electrons. The molecule has 2 nitrogen and oxygen atoms in total. The Morgan fingerprint density at radius 2 is 1.43 bits per heavy atom. The Balaban J connectivity index is -0.000000134. The summed E-state index contributed by atoms with van der Waals surface area (Å²) in [6.45, 7) is 10.8. The molecule has 0 atom stereocenters. The van der Waals surface area contributed by atoms with Crippen LogP contribution in [0.5, 0.6) is 0 Å². The second-order valence-electron chi connectivity index (χ2n) is 5.61. The van der Waals surface area contributed by atoms with Gasteiger partial charge in [0, 0.05) is 59.0 Å². The van der Waals surface area contributed by atoms with Gasteiger partial charge in [-0.25, -0.2) is 4.39 Å². The standard InChI is InChI=1S/C9H11F.C7H15NO.3CH4.Y/c1-7(2)8-3-5-9(10)6-4-8;1-6(2)8-4-7(5-8)9-3;;;;/h3-7H,1-2H3;6-7H,4-5H2,1-3H3;3*1H4;. The van der Waals surface area contributed by atoms with Gasteiger partial charge in [0.1, 0.15) is 5.82 Å². The van der Waals surface area contributed by atoms with Crippen LogP contribution < -0.4 is 0 Å². The van der Waals surface area contributed by atoms with Crippen LogP contribution in [0.15, 0.2) is 24.3 Å². The van der Waals surface area contributed by atoms with E-state index in [-0.39, 0.29) is 60.8 Å². The fourth-order valence-electron chi connectivity index (χ4n) is 1.89. The van der Waals surface area contributed by atoms with Gasteiger partial charge in [-0.3, -0.25) is 4.90 Å². The molecule has 23 heavy (non-hydrogen) atoms. The Bertz CT molecular complexity index is 362. The second kappa shape index (κ2) is 15.7. The van der Waals surface area contributed by atoms with Crippen molar-refractivity contribution in [3.8, 4) is 0 Å². The maximum Gasteiger partial charge on any atom is 0.123 e. The van der Waals surface area contributed by atoms with Crippen LogP contribution >= 0.6 is 0 Å². The van der Waals surface area contributed by atoms with Crippen molar-refractivity contribution in [3.05, 3.63) is 35.6 Å². The number of benzene rings is 1. The SMILES string of the molecule is C.C.C.CC(C)c1ccc(F)cc1.COC1CN(C(C)C)C1.[Y]. The minimum Gasteiger partial charge on any atom is -0.379 e. The summed E-state index contributed by atoms with van der Waals surface area (Å²) in [7, 11) is 1.78. The summed E-state index contributed by atoms with van der Waals surface area (Å²) in [5, 5.41) is 0. The van der Waals surface area contributed by atoms with Crippen molar-refractivity contribution >= 4 is 0 Å². The largest absolute Gasteiger partial charge is 0.379 e. The maximum atomic E-state index is 12.4. The Kier molecular flexibility index (Phi) is 21.1. The van der Waals surface area contributed by atoms with Gasteiger partial charge >= 0.3 is 0 Å². The van der Waals surface area contributed by atoms with E-state index in [1.807, 2.05) is 12.1 Å². The fourth-order valence-corrected chi connectivity index (χ4v) is 1.89. The fraction of sp³-hybridized carbons (Fsp3) is 0.684. The topological polar surface area (TPSA) is 12.5 Å². The Morgan fingerprint density at radius 1 is 1.00 bits per heavy atom. The molecule has 1 radical (unpaired) electrons. The summed E-state index contributed by atoms with van der Waals surface area (Å²) in [5.41, 5.74) is 1.18. The molecule has 1 saturated heterocycles. The van der Waals surface area contributed by atoms with Crippen molar-refractivity contribution in [1.82, 2.24) is 4.90 Å². The smallest absolute Gasteiger partial charge is 0.123 e. The van der Waals surface area contributed by atoms with Crippen molar-refractivity contribution in [2.75, 3.05) is 20.2 Å². The minimum absolute atomic E-state index is 0. The van der Waals surface area contributed by atoms with E-state index in [2.05, 4.69) is 32.6 Å². The van der Waals surface area contributed by atoms with Gasteiger partial charge in [-0.15, -0.1) is 0 Å². The molecule has 1 aromatic carbocycles. The summed E-state index contributed by atoms with van der Waals surface area (Å²) >= 11 is 0. The molecule has 0 bridgehead atoms. The van der Waals surface area contributed by atoms with Crippen LogP contribution in [0.3, 0.4) is 0 Å². The van der Waals surface area contributed by atoms with E-state index in [1.165, 1.54) is 17.7 Å². The van der Waals surface area contributed by atoms with Crippen molar-refractivity contribution in [3.63, 3.8) is 0 Å². The van der Waals surface area contributed by atoms with Crippen molar-refractivity contribution < 1.29 is 41.8 Å². The first kappa shape index (κ1) is 31.0. The quantitative estimate of drug-likeness (QED) is 0.652. The summed E-state index contributed by atoms with van der Waals surface area (Å²) in [4.78, 5) is 2.40.